The van der Waals surface area contributed by atoms with Crippen molar-refractivity contribution in [3.63, 3.8) is 0 Å². The molecule has 1 aliphatic rings. The fourth-order valence-corrected chi connectivity index (χ4v) is 6.21. The third-order valence-corrected chi connectivity index (χ3v) is 8.57. The maximum absolute atomic E-state index is 13.7. The van der Waals surface area contributed by atoms with Crippen LogP contribution in [0.25, 0.3) is 0 Å². The van der Waals surface area contributed by atoms with Crippen molar-refractivity contribution < 1.29 is 22.8 Å². The quantitative estimate of drug-likeness (QED) is 0.413. The van der Waals surface area contributed by atoms with Crippen LogP contribution in [0.3, 0.4) is 0 Å². The SMILES string of the molecule is CCNC(=O)[C@H](Cc1ccccc1)N(Cc1ccccc1Cl)C(=O)CCN1C(=O)c2ccccc2S1(=O)=O. The van der Waals surface area contributed by atoms with Gasteiger partial charge in [0.1, 0.15) is 10.9 Å². The highest BCUT2D eigenvalue weighted by Gasteiger charge is 2.41. The Kier molecular flexibility index (Phi) is 8.48. The topological polar surface area (TPSA) is 104 Å². The van der Waals surface area contributed by atoms with Gasteiger partial charge in [-0.3, -0.25) is 14.4 Å². The Bertz CT molecular complexity index is 1450. The van der Waals surface area contributed by atoms with E-state index in [1.54, 1.807) is 43.3 Å². The zero-order chi connectivity index (χ0) is 27.3. The smallest absolute Gasteiger partial charge is 0.269 e. The average molecular weight is 554 g/mol. The first-order chi connectivity index (χ1) is 18.2. The van der Waals surface area contributed by atoms with E-state index in [1.807, 2.05) is 30.3 Å². The molecule has 1 N–H and O–H groups in total. The van der Waals surface area contributed by atoms with Gasteiger partial charge >= 0.3 is 0 Å². The number of hydrogen-bond acceptors (Lipinski definition) is 5. The summed E-state index contributed by atoms with van der Waals surface area (Å²) in [7, 11) is -4.06. The third-order valence-electron chi connectivity index (χ3n) is 6.36. The zero-order valence-electron chi connectivity index (χ0n) is 20.8. The second-order valence-corrected chi connectivity index (χ2v) is 11.1. The summed E-state index contributed by atoms with van der Waals surface area (Å²) < 4.78 is 26.7. The van der Waals surface area contributed by atoms with Gasteiger partial charge in [0.2, 0.25) is 11.8 Å². The van der Waals surface area contributed by atoms with Crippen LogP contribution in [0.1, 0.15) is 34.8 Å². The predicted molar refractivity (Wildman–Crippen MR) is 144 cm³/mol. The monoisotopic (exact) mass is 553 g/mol. The van der Waals surface area contributed by atoms with Crippen LogP contribution >= 0.6 is 11.6 Å². The van der Waals surface area contributed by atoms with Crippen LogP contribution in [0, 0.1) is 0 Å². The summed E-state index contributed by atoms with van der Waals surface area (Å²) in [5.74, 6) is -1.49. The Balaban J connectivity index is 1.63. The number of sulfonamides is 1. The van der Waals surface area contributed by atoms with Crippen LogP contribution in [0.2, 0.25) is 5.02 Å². The highest BCUT2D eigenvalue weighted by molar-refractivity contribution is 7.90. The van der Waals surface area contributed by atoms with Crippen LogP contribution in [-0.4, -0.2) is 54.5 Å². The van der Waals surface area contributed by atoms with Crippen molar-refractivity contribution in [1.29, 1.82) is 0 Å². The van der Waals surface area contributed by atoms with E-state index in [0.29, 0.717) is 17.1 Å². The lowest BCUT2D eigenvalue weighted by Crippen LogP contribution is -2.51. The van der Waals surface area contributed by atoms with Crippen molar-refractivity contribution in [2.75, 3.05) is 13.1 Å². The van der Waals surface area contributed by atoms with E-state index in [4.69, 9.17) is 11.6 Å². The Morgan fingerprint density at radius 3 is 2.32 bits per heavy atom. The summed E-state index contributed by atoms with van der Waals surface area (Å²) in [6, 6.07) is 21.4. The molecule has 0 unspecified atom stereocenters. The lowest BCUT2D eigenvalue weighted by atomic mass is 10.0. The Labute approximate surface area is 227 Å². The molecule has 8 nitrogen and oxygen atoms in total. The molecular weight excluding hydrogens is 526 g/mol. The third kappa shape index (κ3) is 5.74. The molecule has 3 amide bonds. The van der Waals surface area contributed by atoms with Gasteiger partial charge in [-0.2, -0.15) is 0 Å². The molecule has 0 aliphatic carbocycles. The molecule has 198 valence electrons. The van der Waals surface area contributed by atoms with Crippen LogP contribution in [-0.2, 0) is 32.6 Å². The van der Waals surface area contributed by atoms with E-state index in [9.17, 15) is 22.8 Å². The van der Waals surface area contributed by atoms with Crippen molar-refractivity contribution in [3.8, 4) is 0 Å². The van der Waals surface area contributed by atoms with Gasteiger partial charge in [0.15, 0.2) is 0 Å². The van der Waals surface area contributed by atoms with Gasteiger partial charge in [0, 0.05) is 37.5 Å². The number of amides is 3. The number of rotatable bonds is 10. The summed E-state index contributed by atoms with van der Waals surface area (Å²) in [5, 5.41) is 3.24. The van der Waals surface area contributed by atoms with Crippen molar-refractivity contribution in [1.82, 2.24) is 14.5 Å². The number of halogens is 1. The molecule has 0 spiro atoms. The van der Waals surface area contributed by atoms with Crippen molar-refractivity contribution in [3.05, 3.63) is 101 Å². The molecule has 0 aromatic heterocycles. The molecule has 0 bridgehead atoms. The minimum Gasteiger partial charge on any atom is -0.355 e. The van der Waals surface area contributed by atoms with Gasteiger partial charge in [0.25, 0.3) is 15.9 Å². The number of hydrogen-bond donors (Lipinski definition) is 1. The molecule has 0 saturated carbocycles. The number of carbonyl (C=O) groups excluding carboxylic acids is 3. The summed E-state index contributed by atoms with van der Waals surface area (Å²) >= 11 is 6.40. The maximum Gasteiger partial charge on any atom is 0.269 e. The summed E-state index contributed by atoms with van der Waals surface area (Å²) in [4.78, 5) is 41.1. The molecule has 3 aromatic rings. The number of carbonyl (C=O) groups is 3. The molecule has 38 heavy (non-hydrogen) atoms. The molecule has 1 aliphatic heterocycles. The largest absolute Gasteiger partial charge is 0.355 e. The first-order valence-electron chi connectivity index (χ1n) is 12.2. The number of fused-ring (bicyclic) bond motifs is 1. The number of likely N-dealkylation sites (N-methyl/N-ethyl adjacent to an activating group) is 1. The Morgan fingerprint density at radius 1 is 0.974 bits per heavy atom. The minimum absolute atomic E-state index is 0.0358. The van der Waals surface area contributed by atoms with Gasteiger partial charge in [-0.1, -0.05) is 72.3 Å². The van der Waals surface area contributed by atoms with Gasteiger partial charge in [-0.15, -0.1) is 0 Å². The average Bonchev–Trinajstić information content (AvgIpc) is 3.11. The molecule has 1 heterocycles. The van der Waals surface area contributed by atoms with Crippen molar-refractivity contribution in [2.45, 2.75) is 37.2 Å². The van der Waals surface area contributed by atoms with Crippen LogP contribution in [0.4, 0.5) is 0 Å². The standard InChI is InChI=1S/C28H28ClN3O5S/c1-2-30-27(34)24(18-20-10-4-3-5-11-20)31(19-21-12-6-8-14-23(21)29)26(33)16-17-32-28(35)22-13-7-9-15-25(22)38(32,36)37/h3-15,24H,2,16-19H2,1H3,(H,30,34)/t24-/m0/s1. The van der Waals surface area contributed by atoms with E-state index in [1.165, 1.54) is 17.0 Å². The van der Waals surface area contributed by atoms with Gasteiger partial charge in [-0.25, -0.2) is 12.7 Å². The molecular formula is C28H28ClN3O5S. The fourth-order valence-electron chi connectivity index (χ4n) is 4.45. The van der Waals surface area contributed by atoms with E-state index < -0.39 is 27.9 Å². The number of nitrogens with zero attached hydrogens (tertiary/aromatic N) is 2. The summed E-state index contributed by atoms with van der Waals surface area (Å²) in [6.07, 6.45) is -0.0522. The first kappa shape index (κ1) is 27.3. The lowest BCUT2D eigenvalue weighted by molar-refractivity contribution is -0.141. The lowest BCUT2D eigenvalue weighted by Gasteiger charge is -2.32. The van der Waals surface area contributed by atoms with Crippen molar-refractivity contribution >= 4 is 39.3 Å². The van der Waals surface area contributed by atoms with Gasteiger partial charge in [0.05, 0.1) is 5.56 Å². The Morgan fingerprint density at radius 2 is 1.63 bits per heavy atom. The molecule has 0 saturated heterocycles. The highest BCUT2D eigenvalue weighted by atomic mass is 35.5. The maximum atomic E-state index is 13.7. The number of nitrogens with one attached hydrogen (secondary N) is 1. The Hall–Kier alpha value is -3.69. The summed E-state index contributed by atoms with van der Waals surface area (Å²) in [5.41, 5.74) is 1.58. The summed E-state index contributed by atoms with van der Waals surface area (Å²) in [6.45, 7) is 1.85. The molecule has 1 atom stereocenters. The normalized spacial score (nSPS) is 14.6. The zero-order valence-corrected chi connectivity index (χ0v) is 22.4. The fraction of sp³-hybridized carbons (Fsp3) is 0.250. The first-order valence-corrected chi connectivity index (χ1v) is 14.1. The molecule has 4 rings (SSSR count). The van der Waals surface area contributed by atoms with E-state index in [0.717, 1.165) is 9.87 Å². The minimum atomic E-state index is -4.06. The van der Waals surface area contributed by atoms with Gasteiger partial charge < -0.3 is 10.2 Å². The molecule has 0 fully saturated rings. The van der Waals surface area contributed by atoms with Crippen LogP contribution in [0.5, 0.6) is 0 Å². The molecule has 0 radical (unpaired) electrons. The molecule has 10 heteroatoms. The van der Waals surface area contributed by atoms with Crippen LogP contribution in [0.15, 0.2) is 83.8 Å². The molecule has 3 aromatic carbocycles. The van der Waals surface area contributed by atoms with Crippen LogP contribution < -0.4 is 5.32 Å². The highest BCUT2D eigenvalue weighted by Crippen LogP contribution is 2.30. The second-order valence-electron chi connectivity index (χ2n) is 8.84. The van der Waals surface area contributed by atoms with E-state index in [2.05, 4.69) is 5.32 Å². The predicted octanol–water partition coefficient (Wildman–Crippen LogP) is 3.65. The van der Waals surface area contributed by atoms with E-state index in [-0.39, 0.29) is 42.3 Å². The van der Waals surface area contributed by atoms with Gasteiger partial charge in [-0.05, 0) is 36.2 Å². The van der Waals surface area contributed by atoms with Crippen molar-refractivity contribution in [2.24, 2.45) is 0 Å². The number of benzene rings is 3. The second kappa shape index (κ2) is 11.8. The van der Waals surface area contributed by atoms with E-state index >= 15 is 0 Å².